The van der Waals surface area contributed by atoms with E-state index in [-0.39, 0.29) is 17.1 Å². The van der Waals surface area contributed by atoms with Gasteiger partial charge in [0, 0.05) is 37.4 Å². The fourth-order valence-electron chi connectivity index (χ4n) is 3.80. The van der Waals surface area contributed by atoms with E-state index in [0.29, 0.717) is 18.9 Å². The van der Waals surface area contributed by atoms with Crippen LogP contribution in [0.4, 0.5) is 13.2 Å². The lowest BCUT2D eigenvalue weighted by Gasteiger charge is -2.30. The van der Waals surface area contributed by atoms with Gasteiger partial charge in [-0.25, -0.2) is 4.98 Å². The summed E-state index contributed by atoms with van der Waals surface area (Å²) in [6.07, 6.45) is 1.06. The normalized spacial score (nSPS) is 23.9. The minimum Gasteiger partial charge on any atom is -0.460 e. The molecule has 0 aromatic carbocycles. The number of alkyl halides is 3. The van der Waals surface area contributed by atoms with Crippen LogP contribution < -0.4 is 4.74 Å². The van der Waals surface area contributed by atoms with Crippen molar-refractivity contribution in [2.45, 2.75) is 57.7 Å². The number of hydrogen-bond acceptors (Lipinski definition) is 6. The van der Waals surface area contributed by atoms with Gasteiger partial charge in [0.2, 0.25) is 0 Å². The summed E-state index contributed by atoms with van der Waals surface area (Å²) in [5.41, 5.74) is 0.866. The van der Waals surface area contributed by atoms with Gasteiger partial charge in [0.15, 0.2) is 6.61 Å². The number of nitrogens with zero attached hydrogens (tertiary/aromatic N) is 2. The standard InChI is InChI=1S/C19H27F3N2O3S/c1-13(25)10-14-2-3-15(26-11-14)4-7-24-8-5-16-17(6-9-24)28-18(23-16)27-12-19(20,21)22/h14-15H,2-12H2,1H3/t14-,15-/m1/s1. The second-order valence-corrected chi connectivity index (χ2v) is 8.73. The molecule has 0 amide bonds. The highest BCUT2D eigenvalue weighted by Gasteiger charge is 2.30. The fraction of sp³-hybridized carbons (Fsp3) is 0.789. The van der Waals surface area contributed by atoms with Gasteiger partial charge < -0.3 is 19.2 Å². The average Bonchev–Trinajstić information content (AvgIpc) is 2.92. The van der Waals surface area contributed by atoms with E-state index in [2.05, 4.69) is 9.88 Å². The number of halogens is 3. The van der Waals surface area contributed by atoms with Crippen molar-refractivity contribution in [1.82, 2.24) is 9.88 Å². The Kier molecular flexibility index (Phi) is 7.33. The molecule has 1 aromatic rings. The van der Waals surface area contributed by atoms with Gasteiger partial charge in [-0.15, -0.1) is 0 Å². The number of ether oxygens (including phenoxy) is 2. The van der Waals surface area contributed by atoms with Crippen LogP contribution in [-0.2, 0) is 22.4 Å². The summed E-state index contributed by atoms with van der Waals surface area (Å²) < 4.78 is 47.5. The van der Waals surface area contributed by atoms with Crippen LogP contribution >= 0.6 is 11.3 Å². The summed E-state index contributed by atoms with van der Waals surface area (Å²) in [5.74, 6) is 0.590. The molecule has 3 rings (SSSR count). The Morgan fingerprint density at radius 2 is 2.11 bits per heavy atom. The van der Waals surface area contributed by atoms with Gasteiger partial charge in [-0.2, -0.15) is 13.2 Å². The van der Waals surface area contributed by atoms with Crippen molar-refractivity contribution in [2.24, 2.45) is 5.92 Å². The highest BCUT2D eigenvalue weighted by Crippen LogP contribution is 2.30. The minimum absolute atomic E-state index is 0.117. The SMILES string of the molecule is CC(=O)C[C@H]1CC[C@H](CCN2CCc3nc(OCC(F)(F)F)sc3CC2)OC1. The molecule has 3 heterocycles. The largest absolute Gasteiger partial charge is 0.460 e. The maximum Gasteiger partial charge on any atom is 0.422 e. The highest BCUT2D eigenvalue weighted by atomic mass is 32.1. The van der Waals surface area contributed by atoms with Crippen molar-refractivity contribution in [3.63, 3.8) is 0 Å². The Hall–Kier alpha value is -1.19. The van der Waals surface area contributed by atoms with Crippen LogP contribution in [0.3, 0.4) is 0 Å². The summed E-state index contributed by atoms with van der Waals surface area (Å²) >= 11 is 1.23. The van der Waals surface area contributed by atoms with Crippen molar-refractivity contribution in [3.8, 4) is 5.19 Å². The van der Waals surface area contributed by atoms with Crippen LogP contribution in [0, 0.1) is 5.92 Å². The maximum atomic E-state index is 12.3. The Labute approximate surface area is 167 Å². The van der Waals surface area contributed by atoms with E-state index in [1.807, 2.05) is 0 Å². The number of fused-ring (bicyclic) bond motifs is 1. The Balaban J connectivity index is 1.39. The van der Waals surface area contributed by atoms with E-state index < -0.39 is 12.8 Å². The molecule has 0 aliphatic carbocycles. The number of thiazole rings is 1. The quantitative estimate of drug-likeness (QED) is 0.674. The van der Waals surface area contributed by atoms with Crippen LogP contribution in [-0.4, -0.2) is 60.8 Å². The predicted octanol–water partition coefficient (Wildman–Crippen LogP) is 3.65. The van der Waals surface area contributed by atoms with Gasteiger partial charge in [-0.05, 0) is 38.5 Å². The zero-order valence-corrected chi connectivity index (χ0v) is 16.9. The molecule has 0 unspecified atom stereocenters. The van der Waals surface area contributed by atoms with E-state index >= 15 is 0 Å². The third kappa shape index (κ3) is 6.70. The Morgan fingerprint density at radius 3 is 2.79 bits per heavy atom. The molecule has 0 saturated carbocycles. The molecule has 0 spiro atoms. The summed E-state index contributed by atoms with van der Waals surface area (Å²) in [6.45, 7) is 3.66. The van der Waals surface area contributed by atoms with Crippen molar-refractivity contribution >= 4 is 17.1 Å². The van der Waals surface area contributed by atoms with Crippen molar-refractivity contribution in [2.75, 3.05) is 32.8 Å². The third-order valence-corrected chi connectivity index (χ3v) is 6.32. The van der Waals surface area contributed by atoms with E-state index in [4.69, 9.17) is 9.47 Å². The summed E-state index contributed by atoms with van der Waals surface area (Å²) in [6, 6.07) is 0. The van der Waals surface area contributed by atoms with Gasteiger partial charge in [0.1, 0.15) is 5.78 Å². The third-order valence-electron chi connectivity index (χ3n) is 5.25. The number of aromatic nitrogens is 1. The van der Waals surface area contributed by atoms with Gasteiger partial charge in [0.25, 0.3) is 5.19 Å². The molecular weight excluding hydrogens is 393 g/mol. The molecule has 5 nitrogen and oxygen atoms in total. The zero-order valence-electron chi connectivity index (χ0n) is 16.1. The van der Waals surface area contributed by atoms with Gasteiger partial charge >= 0.3 is 6.18 Å². The predicted molar refractivity (Wildman–Crippen MR) is 99.9 cm³/mol. The number of carbonyl (C=O) groups excluding carboxylic acids is 1. The molecule has 9 heteroatoms. The number of Topliss-reactive ketones (excluding diaryl/α,β-unsaturated/α-hetero) is 1. The minimum atomic E-state index is -4.34. The molecule has 1 aromatic heterocycles. The molecule has 0 N–H and O–H groups in total. The molecular formula is C19H27F3N2O3S. The second-order valence-electron chi connectivity index (χ2n) is 7.69. The van der Waals surface area contributed by atoms with Crippen LogP contribution in [0.15, 0.2) is 0 Å². The molecule has 158 valence electrons. The van der Waals surface area contributed by atoms with E-state index in [1.165, 1.54) is 11.3 Å². The molecule has 1 fully saturated rings. The van der Waals surface area contributed by atoms with Gasteiger partial charge in [-0.3, -0.25) is 0 Å². The van der Waals surface area contributed by atoms with Gasteiger partial charge in [-0.1, -0.05) is 11.3 Å². The summed E-state index contributed by atoms with van der Waals surface area (Å²) in [5, 5.41) is 0.117. The Morgan fingerprint density at radius 1 is 1.32 bits per heavy atom. The first-order chi connectivity index (χ1) is 13.3. The number of hydrogen-bond donors (Lipinski definition) is 0. The first kappa shape index (κ1) is 21.5. The monoisotopic (exact) mass is 420 g/mol. The molecule has 28 heavy (non-hydrogen) atoms. The molecule has 1 saturated heterocycles. The second kappa shape index (κ2) is 9.54. The van der Waals surface area contributed by atoms with Crippen LogP contribution in [0.1, 0.15) is 43.2 Å². The number of rotatable bonds is 7. The smallest absolute Gasteiger partial charge is 0.422 e. The summed E-state index contributed by atoms with van der Waals surface area (Å²) in [4.78, 5) is 18.9. The molecule has 2 aliphatic heterocycles. The highest BCUT2D eigenvalue weighted by molar-refractivity contribution is 7.13. The fourth-order valence-corrected chi connectivity index (χ4v) is 4.74. The Bertz CT molecular complexity index is 632. The zero-order chi connectivity index (χ0) is 20.1. The van der Waals surface area contributed by atoms with E-state index in [9.17, 15) is 18.0 Å². The molecule has 0 bridgehead atoms. The molecule has 0 radical (unpaired) electrons. The van der Waals surface area contributed by atoms with Crippen LogP contribution in [0.25, 0.3) is 0 Å². The topological polar surface area (TPSA) is 51.7 Å². The van der Waals surface area contributed by atoms with Crippen LogP contribution in [0.5, 0.6) is 5.19 Å². The van der Waals surface area contributed by atoms with Crippen molar-refractivity contribution < 1.29 is 27.4 Å². The van der Waals surface area contributed by atoms with E-state index in [0.717, 1.165) is 62.3 Å². The maximum absolute atomic E-state index is 12.3. The van der Waals surface area contributed by atoms with Crippen molar-refractivity contribution in [3.05, 3.63) is 10.6 Å². The first-order valence-electron chi connectivity index (χ1n) is 9.80. The lowest BCUT2D eigenvalue weighted by Crippen LogP contribution is -2.33. The summed E-state index contributed by atoms with van der Waals surface area (Å²) in [7, 11) is 0. The van der Waals surface area contributed by atoms with Gasteiger partial charge in [0.05, 0.1) is 18.4 Å². The number of carbonyl (C=O) groups is 1. The average molecular weight is 420 g/mol. The molecule has 2 atom stereocenters. The first-order valence-corrected chi connectivity index (χ1v) is 10.6. The molecule has 2 aliphatic rings. The van der Waals surface area contributed by atoms with E-state index in [1.54, 1.807) is 6.92 Å². The lowest BCUT2D eigenvalue weighted by molar-refractivity contribution is -0.153. The number of ketones is 1. The lowest BCUT2D eigenvalue weighted by atomic mass is 9.93. The van der Waals surface area contributed by atoms with Crippen LogP contribution in [0.2, 0.25) is 0 Å². The van der Waals surface area contributed by atoms with Crippen molar-refractivity contribution in [1.29, 1.82) is 0 Å².